The summed E-state index contributed by atoms with van der Waals surface area (Å²) in [5.41, 5.74) is 0. The third kappa shape index (κ3) is 5.65. The number of rotatable bonds is 8. The first-order valence-electron chi connectivity index (χ1n) is 10.1. The van der Waals surface area contributed by atoms with Gasteiger partial charge in [0.25, 0.3) is 0 Å². The van der Waals surface area contributed by atoms with E-state index in [1.807, 2.05) is 18.5 Å². The molecule has 2 aliphatic rings. The summed E-state index contributed by atoms with van der Waals surface area (Å²) < 4.78 is 12.8. The van der Waals surface area contributed by atoms with Crippen LogP contribution in [0.3, 0.4) is 0 Å². The predicted octanol–water partition coefficient (Wildman–Crippen LogP) is 1.50. The molecule has 2 fully saturated rings. The van der Waals surface area contributed by atoms with Gasteiger partial charge in [-0.05, 0) is 26.2 Å². The minimum atomic E-state index is 0.544. The van der Waals surface area contributed by atoms with E-state index >= 15 is 0 Å². The van der Waals surface area contributed by atoms with Crippen molar-refractivity contribution in [2.45, 2.75) is 51.6 Å². The molecule has 1 aliphatic heterocycles. The number of aromatic nitrogens is 3. The van der Waals surface area contributed by atoms with Crippen LogP contribution in [0.15, 0.2) is 4.99 Å². The highest BCUT2D eigenvalue weighted by Crippen LogP contribution is 2.21. The smallest absolute Gasteiger partial charge is 0.194 e. The number of nitrogens with zero attached hydrogens (tertiary/aromatic N) is 5. The molecule has 1 aliphatic carbocycles. The Hall–Kier alpha value is -1.67. The van der Waals surface area contributed by atoms with Crippen molar-refractivity contribution in [1.82, 2.24) is 25.0 Å². The largest absolute Gasteiger partial charge is 0.382 e. The Balaban J connectivity index is 1.59. The van der Waals surface area contributed by atoms with Gasteiger partial charge in [0.15, 0.2) is 11.8 Å². The number of aliphatic imine (C=N–C) groups is 1. The number of likely N-dealkylation sites (tertiary alicyclic amines) is 1. The summed E-state index contributed by atoms with van der Waals surface area (Å²) in [7, 11) is 3.70. The standard InChI is InChI=1S/C19H34N6O2/c1-15-22-23-18(24(15)2)12-20-19(21-17-6-4-5-7-17)25-9-8-16(13-25)14-27-11-10-26-3/h16-17H,4-14H2,1-3H3,(H,20,21). The number of nitrogens with one attached hydrogen (secondary N) is 1. The Bertz CT molecular complexity index is 611. The molecule has 1 unspecified atom stereocenters. The van der Waals surface area contributed by atoms with E-state index in [1.54, 1.807) is 7.11 Å². The van der Waals surface area contributed by atoms with E-state index in [0.29, 0.717) is 31.7 Å². The zero-order valence-electron chi connectivity index (χ0n) is 17.0. The predicted molar refractivity (Wildman–Crippen MR) is 105 cm³/mol. The monoisotopic (exact) mass is 378 g/mol. The fourth-order valence-electron chi connectivity index (χ4n) is 3.78. The molecule has 152 valence electrons. The number of hydrogen-bond acceptors (Lipinski definition) is 5. The van der Waals surface area contributed by atoms with Crippen LogP contribution in [0.1, 0.15) is 43.8 Å². The average Bonchev–Trinajstić information content (AvgIpc) is 3.40. The topological polar surface area (TPSA) is 76.8 Å². The average molecular weight is 379 g/mol. The van der Waals surface area contributed by atoms with Gasteiger partial charge in [0.05, 0.1) is 19.8 Å². The molecular formula is C19H34N6O2. The molecule has 0 radical (unpaired) electrons. The van der Waals surface area contributed by atoms with Crippen LogP contribution in [0.2, 0.25) is 0 Å². The van der Waals surface area contributed by atoms with Gasteiger partial charge in [-0.2, -0.15) is 0 Å². The highest BCUT2D eigenvalue weighted by molar-refractivity contribution is 5.80. The summed E-state index contributed by atoms with van der Waals surface area (Å²) >= 11 is 0. The lowest BCUT2D eigenvalue weighted by Gasteiger charge is -2.25. The summed E-state index contributed by atoms with van der Waals surface area (Å²) in [6.07, 6.45) is 6.23. The Morgan fingerprint density at radius 2 is 2.04 bits per heavy atom. The summed E-state index contributed by atoms with van der Waals surface area (Å²) in [6, 6.07) is 0.544. The molecule has 2 heterocycles. The van der Waals surface area contributed by atoms with E-state index in [-0.39, 0.29) is 0 Å². The van der Waals surface area contributed by atoms with Gasteiger partial charge >= 0.3 is 0 Å². The zero-order valence-corrected chi connectivity index (χ0v) is 17.0. The molecule has 1 atom stereocenters. The van der Waals surface area contributed by atoms with Crippen molar-refractivity contribution >= 4 is 5.96 Å². The van der Waals surface area contributed by atoms with Gasteiger partial charge in [-0.25, -0.2) is 4.99 Å². The van der Waals surface area contributed by atoms with Crippen LogP contribution in [0.5, 0.6) is 0 Å². The van der Waals surface area contributed by atoms with Crippen molar-refractivity contribution < 1.29 is 9.47 Å². The molecule has 27 heavy (non-hydrogen) atoms. The summed E-state index contributed by atoms with van der Waals surface area (Å²) in [6.45, 7) is 6.64. The van der Waals surface area contributed by atoms with Crippen LogP contribution >= 0.6 is 0 Å². The summed E-state index contributed by atoms with van der Waals surface area (Å²) in [5.74, 6) is 3.38. The van der Waals surface area contributed by atoms with Crippen molar-refractivity contribution in [3.63, 3.8) is 0 Å². The number of guanidine groups is 1. The Kier molecular flexibility index (Phi) is 7.46. The molecule has 0 spiro atoms. The first kappa shape index (κ1) is 20.1. The maximum absolute atomic E-state index is 5.73. The molecular weight excluding hydrogens is 344 g/mol. The van der Waals surface area contributed by atoms with Crippen molar-refractivity contribution in [2.24, 2.45) is 18.0 Å². The van der Waals surface area contributed by atoms with Gasteiger partial charge in [-0.1, -0.05) is 12.8 Å². The lowest BCUT2D eigenvalue weighted by Crippen LogP contribution is -2.44. The molecule has 1 saturated carbocycles. The van der Waals surface area contributed by atoms with Gasteiger partial charge in [-0.15, -0.1) is 10.2 Å². The second kappa shape index (κ2) is 10.0. The second-order valence-corrected chi connectivity index (χ2v) is 7.66. The van der Waals surface area contributed by atoms with Crippen LogP contribution in [0, 0.1) is 12.8 Å². The Labute approximate surface area is 162 Å². The van der Waals surface area contributed by atoms with Gasteiger partial charge in [-0.3, -0.25) is 0 Å². The van der Waals surface area contributed by atoms with Crippen molar-refractivity contribution in [3.05, 3.63) is 11.6 Å². The molecule has 0 bridgehead atoms. The van der Waals surface area contributed by atoms with Gasteiger partial charge in [0.1, 0.15) is 12.4 Å². The minimum absolute atomic E-state index is 0.544. The Morgan fingerprint density at radius 3 is 2.74 bits per heavy atom. The molecule has 1 aromatic heterocycles. The van der Waals surface area contributed by atoms with E-state index < -0.39 is 0 Å². The van der Waals surface area contributed by atoms with E-state index in [1.165, 1.54) is 25.7 Å². The molecule has 3 rings (SSSR count). The second-order valence-electron chi connectivity index (χ2n) is 7.66. The Morgan fingerprint density at radius 1 is 1.22 bits per heavy atom. The fourth-order valence-corrected chi connectivity index (χ4v) is 3.78. The van der Waals surface area contributed by atoms with Gasteiger partial charge < -0.3 is 24.3 Å². The van der Waals surface area contributed by atoms with Crippen molar-refractivity contribution in [1.29, 1.82) is 0 Å². The van der Waals surface area contributed by atoms with Crippen molar-refractivity contribution in [3.8, 4) is 0 Å². The van der Waals surface area contributed by atoms with Gasteiger partial charge in [0.2, 0.25) is 0 Å². The number of hydrogen-bond donors (Lipinski definition) is 1. The van der Waals surface area contributed by atoms with Crippen LogP contribution < -0.4 is 5.32 Å². The molecule has 1 saturated heterocycles. The highest BCUT2D eigenvalue weighted by Gasteiger charge is 2.27. The molecule has 1 N–H and O–H groups in total. The summed E-state index contributed by atoms with van der Waals surface area (Å²) in [4.78, 5) is 7.29. The maximum Gasteiger partial charge on any atom is 0.194 e. The van der Waals surface area contributed by atoms with Crippen LogP contribution in [-0.2, 0) is 23.1 Å². The zero-order chi connectivity index (χ0) is 19.1. The molecule has 0 aromatic carbocycles. The number of methoxy groups -OCH3 is 1. The third-order valence-electron chi connectivity index (χ3n) is 5.61. The van der Waals surface area contributed by atoms with Gasteiger partial charge in [0, 0.05) is 39.2 Å². The SMILES string of the molecule is COCCOCC1CCN(C(=NCc2nnc(C)n2C)NC2CCCC2)C1. The quantitative estimate of drug-likeness (QED) is 0.420. The third-order valence-corrected chi connectivity index (χ3v) is 5.61. The summed E-state index contributed by atoms with van der Waals surface area (Å²) in [5, 5.41) is 12.1. The van der Waals surface area contributed by atoms with Crippen LogP contribution in [0.4, 0.5) is 0 Å². The fraction of sp³-hybridized carbons (Fsp3) is 0.842. The molecule has 8 nitrogen and oxygen atoms in total. The van der Waals surface area contributed by atoms with E-state index in [4.69, 9.17) is 14.5 Å². The first-order valence-corrected chi connectivity index (χ1v) is 10.1. The van der Waals surface area contributed by atoms with Crippen LogP contribution in [0.25, 0.3) is 0 Å². The van der Waals surface area contributed by atoms with E-state index in [9.17, 15) is 0 Å². The van der Waals surface area contributed by atoms with Crippen LogP contribution in [-0.4, -0.2) is 71.7 Å². The van der Waals surface area contributed by atoms with E-state index in [2.05, 4.69) is 20.4 Å². The molecule has 0 amide bonds. The number of aryl methyl sites for hydroxylation is 1. The number of ether oxygens (including phenoxy) is 2. The first-order chi connectivity index (χ1) is 13.2. The van der Waals surface area contributed by atoms with E-state index in [0.717, 1.165) is 43.7 Å². The minimum Gasteiger partial charge on any atom is -0.382 e. The van der Waals surface area contributed by atoms with Crippen molar-refractivity contribution in [2.75, 3.05) is 40.0 Å². The normalized spacial score (nSPS) is 21.4. The lowest BCUT2D eigenvalue weighted by molar-refractivity contribution is 0.0536. The highest BCUT2D eigenvalue weighted by atomic mass is 16.5. The molecule has 1 aromatic rings. The maximum atomic E-state index is 5.73. The lowest BCUT2D eigenvalue weighted by atomic mass is 10.1. The molecule has 8 heteroatoms.